The molecule has 1 heterocycles. The number of thiazole rings is 1. The van der Waals surface area contributed by atoms with Gasteiger partial charge in [0.15, 0.2) is 5.96 Å². The van der Waals surface area contributed by atoms with Gasteiger partial charge in [0, 0.05) is 18.0 Å². The Labute approximate surface area is 171 Å². The van der Waals surface area contributed by atoms with Crippen molar-refractivity contribution in [3.05, 3.63) is 45.4 Å². The van der Waals surface area contributed by atoms with Crippen molar-refractivity contribution in [1.29, 1.82) is 0 Å². The van der Waals surface area contributed by atoms with E-state index in [0.29, 0.717) is 6.54 Å². The molecule has 0 amide bonds. The van der Waals surface area contributed by atoms with Crippen molar-refractivity contribution >= 4 is 41.3 Å². The fraction of sp³-hybridized carbons (Fsp3) is 0.444. The van der Waals surface area contributed by atoms with Crippen molar-refractivity contribution in [3.63, 3.8) is 0 Å². The van der Waals surface area contributed by atoms with Gasteiger partial charge >= 0.3 is 0 Å². The van der Waals surface area contributed by atoms with E-state index in [1.165, 1.54) is 16.0 Å². The third kappa shape index (κ3) is 6.81. The van der Waals surface area contributed by atoms with E-state index < -0.39 is 0 Å². The van der Waals surface area contributed by atoms with Crippen LogP contribution >= 0.6 is 35.3 Å². The predicted molar refractivity (Wildman–Crippen MR) is 117 cm³/mol. The summed E-state index contributed by atoms with van der Waals surface area (Å²) in [5.74, 6) is 1.77. The van der Waals surface area contributed by atoms with Crippen LogP contribution in [0.15, 0.2) is 28.7 Å². The number of hydrogen-bond donors (Lipinski definition) is 2. The lowest BCUT2D eigenvalue weighted by Gasteiger charge is -2.13. The summed E-state index contributed by atoms with van der Waals surface area (Å²) >= 11 is 1.65. The lowest BCUT2D eigenvalue weighted by molar-refractivity contribution is 0.409. The van der Waals surface area contributed by atoms with E-state index in [1.807, 2.05) is 18.5 Å². The molecule has 7 heteroatoms. The number of nitrogens with one attached hydrogen (secondary N) is 2. The Morgan fingerprint density at radius 2 is 2.08 bits per heavy atom. The molecule has 0 aliphatic heterocycles. The van der Waals surface area contributed by atoms with Gasteiger partial charge in [0.1, 0.15) is 5.75 Å². The highest BCUT2D eigenvalue weighted by Gasteiger charge is 2.05. The summed E-state index contributed by atoms with van der Waals surface area (Å²) in [7, 11) is 1.71. The van der Waals surface area contributed by atoms with Crippen LogP contribution in [0.5, 0.6) is 5.75 Å². The van der Waals surface area contributed by atoms with E-state index in [-0.39, 0.29) is 24.0 Å². The molecule has 2 aromatic rings. The van der Waals surface area contributed by atoms with Crippen molar-refractivity contribution in [3.8, 4) is 5.75 Å². The molecule has 0 saturated carbocycles. The highest BCUT2D eigenvalue weighted by Crippen LogP contribution is 2.19. The number of ether oxygens (including phenoxy) is 1. The van der Waals surface area contributed by atoms with Gasteiger partial charge in [-0.25, -0.2) is 9.98 Å². The fourth-order valence-electron chi connectivity index (χ4n) is 2.39. The first kappa shape index (κ1) is 21.7. The largest absolute Gasteiger partial charge is 0.496 e. The maximum absolute atomic E-state index is 5.44. The van der Waals surface area contributed by atoms with Crippen molar-refractivity contribution in [1.82, 2.24) is 15.6 Å². The standard InChI is InChI=1S/C18H26N4OS.HI/c1-5-19-18(21-11-17-14(3)22-12-24-17)20-9-8-15-10-13(2)6-7-16(15)23-4;/h6-7,10,12H,5,8-9,11H2,1-4H3,(H2,19,20,21);1H. The minimum absolute atomic E-state index is 0. The monoisotopic (exact) mass is 474 g/mol. The molecule has 1 aromatic carbocycles. The summed E-state index contributed by atoms with van der Waals surface area (Å²) < 4.78 is 5.44. The van der Waals surface area contributed by atoms with Gasteiger partial charge in [0.2, 0.25) is 0 Å². The van der Waals surface area contributed by atoms with E-state index in [2.05, 4.69) is 46.6 Å². The molecule has 0 unspecified atom stereocenters. The zero-order valence-corrected chi connectivity index (χ0v) is 18.4. The van der Waals surface area contributed by atoms with Gasteiger partial charge in [0.05, 0.1) is 24.9 Å². The molecule has 0 spiro atoms. The van der Waals surface area contributed by atoms with Crippen molar-refractivity contribution < 1.29 is 4.74 Å². The van der Waals surface area contributed by atoms with Gasteiger partial charge in [-0.2, -0.15) is 0 Å². The Morgan fingerprint density at radius 3 is 2.72 bits per heavy atom. The number of benzene rings is 1. The molecule has 25 heavy (non-hydrogen) atoms. The first-order chi connectivity index (χ1) is 11.6. The highest BCUT2D eigenvalue weighted by molar-refractivity contribution is 14.0. The number of nitrogens with zero attached hydrogens (tertiary/aromatic N) is 2. The molecule has 1 aromatic heterocycles. The van der Waals surface area contributed by atoms with Crippen LogP contribution in [-0.2, 0) is 13.0 Å². The third-order valence-electron chi connectivity index (χ3n) is 3.69. The second-order valence-electron chi connectivity index (χ2n) is 5.55. The first-order valence-corrected chi connectivity index (χ1v) is 9.06. The first-order valence-electron chi connectivity index (χ1n) is 8.18. The van der Waals surface area contributed by atoms with Crippen LogP contribution in [-0.4, -0.2) is 31.1 Å². The summed E-state index contributed by atoms with van der Waals surface area (Å²) in [5, 5.41) is 6.67. The molecule has 0 fully saturated rings. The summed E-state index contributed by atoms with van der Waals surface area (Å²) in [6.45, 7) is 8.47. The normalized spacial score (nSPS) is 11.0. The van der Waals surface area contributed by atoms with E-state index in [1.54, 1.807) is 18.4 Å². The number of halogens is 1. The van der Waals surface area contributed by atoms with Crippen LogP contribution in [0.3, 0.4) is 0 Å². The number of aliphatic imine (C=N–C) groups is 1. The Bertz CT molecular complexity index is 687. The molecule has 0 bridgehead atoms. The summed E-state index contributed by atoms with van der Waals surface area (Å²) in [4.78, 5) is 10.1. The predicted octanol–water partition coefficient (Wildman–Crippen LogP) is 3.68. The highest BCUT2D eigenvalue weighted by atomic mass is 127. The average molecular weight is 474 g/mol. The molecule has 2 N–H and O–H groups in total. The van der Waals surface area contributed by atoms with E-state index in [0.717, 1.165) is 36.9 Å². The molecule has 0 saturated heterocycles. The number of hydrogen-bond acceptors (Lipinski definition) is 4. The smallest absolute Gasteiger partial charge is 0.191 e. The molecule has 2 rings (SSSR count). The van der Waals surface area contributed by atoms with Crippen LogP contribution in [0.4, 0.5) is 0 Å². The topological polar surface area (TPSA) is 58.5 Å². The molecule has 0 radical (unpaired) electrons. The molecule has 138 valence electrons. The number of guanidine groups is 1. The van der Waals surface area contributed by atoms with Crippen LogP contribution in [0.25, 0.3) is 0 Å². The molecular weight excluding hydrogens is 447 g/mol. The number of rotatable bonds is 7. The SMILES string of the molecule is CCNC(=NCc1scnc1C)NCCc1cc(C)ccc1OC.I. The van der Waals surface area contributed by atoms with Crippen LogP contribution in [0.1, 0.15) is 28.6 Å². The fourth-order valence-corrected chi connectivity index (χ4v) is 3.09. The average Bonchev–Trinajstić information content (AvgIpc) is 2.98. The second kappa shape index (κ2) is 11.3. The third-order valence-corrected chi connectivity index (χ3v) is 4.61. The van der Waals surface area contributed by atoms with Crippen LogP contribution < -0.4 is 15.4 Å². The molecular formula is C18H27IN4OS. The van der Waals surface area contributed by atoms with Crippen molar-refractivity contribution in [2.45, 2.75) is 33.7 Å². The quantitative estimate of drug-likeness (QED) is 0.365. The van der Waals surface area contributed by atoms with Crippen LogP contribution in [0, 0.1) is 13.8 Å². The Kier molecular flexibility index (Phi) is 9.81. The number of aryl methyl sites for hydroxylation is 2. The summed E-state index contributed by atoms with van der Waals surface area (Å²) in [5.41, 5.74) is 5.38. The summed E-state index contributed by atoms with van der Waals surface area (Å²) in [6, 6.07) is 6.26. The van der Waals surface area contributed by atoms with Gasteiger partial charge in [0.25, 0.3) is 0 Å². The molecule has 0 atom stereocenters. The maximum Gasteiger partial charge on any atom is 0.191 e. The number of aromatic nitrogens is 1. The van der Waals surface area contributed by atoms with E-state index in [9.17, 15) is 0 Å². The maximum atomic E-state index is 5.44. The van der Waals surface area contributed by atoms with E-state index in [4.69, 9.17) is 4.74 Å². The Morgan fingerprint density at radius 1 is 1.28 bits per heavy atom. The lowest BCUT2D eigenvalue weighted by atomic mass is 10.1. The summed E-state index contributed by atoms with van der Waals surface area (Å²) in [6.07, 6.45) is 0.884. The zero-order chi connectivity index (χ0) is 17.4. The minimum Gasteiger partial charge on any atom is -0.496 e. The van der Waals surface area contributed by atoms with Gasteiger partial charge in [-0.1, -0.05) is 17.7 Å². The molecule has 0 aliphatic rings. The van der Waals surface area contributed by atoms with Gasteiger partial charge in [-0.05, 0) is 38.8 Å². The van der Waals surface area contributed by atoms with Gasteiger partial charge in [-0.3, -0.25) is 0 Å². The minimum atomic E-state index is 0. The van der Waals surface area contributed by atoms with Gasteiger partial charge in [-0.15, -0.1) is 35.3 Å². The molecule has 0 aliphatic carbocycles. The van der Waals surface area contributed by atoms with E-state index >= 15 is 0 Å². The Balaban J connectivity index is 0.00000312. The number of methoxy groups -OCH3 is 1. The molecule has 5 nitrogen and oxygen atoms in total. The lowest BCUT2D eigenvalue weighted by Crippen LogP contribution is -2.38. The Hall–Kier alpha value is -1.35. The second-order valence-corrected chi connectivity index (χ2v) is 6.49. The van der Waals surface area contributed by atoms with Gasteiger partial charge < -0.3 is 15.4 Å². The zero-order valence-electron chi connectivity index (χ0n) is 15.3. The van der Waals surface area contributed by atoms with Crippen molar-refractivity contribution in [2.24, 2.45) is 4.99 Å². The van der Waals surface area contributed by atoms with Crippen LogP contribution in [0.2, 0.25) is 0 Å². The van der Waals surface area contributed by atoms with Crippen molar-refractivity contribution in [2.75, 3.05) is 20.2 Å².